The Morgan fingerprint density at radius 2 is 1.72 bits per heavy atom. The molecule has 7 nitrogen and oxygen atoms in total. The van der Waals surface area contributed by atoms with E-state index in [4.69, 9.17) is 9.84 Å². The van der Waals surface area contributed by atoms with Gasteiger partial charge in [0.2, 0.25) is 5.91 Å². The van der Waals surface area contributed by atoms with Crippen molar-refractivity contribution < 1.29 is 19.4 Å². The lowest BCUT2D eigenvalue weighted by Crippen LogP contribution is -2.52. The molecule has 0 atom stereocenters. The van der Waals surface area contributed by atoms with E-state index in [0.717, 1.165) is 0 Å². The number of nitrogens with zero attached hydrogens (tertiary/aromatic N) is 3. The van der Waals surface area contributed by atoms with Crippen molar-refractivity contribution in [3.05, 3.63) is 0 Å². The molecule has 2 amide bonds. The summed E-state index contributed by atoms with van der Waals surface area (Å²) in [7, 11) is 3.70. The Labute approximate surface area is 107 Å². The van der Waals surface area contributed by atoms with Gasteiger partial charge in [-0.3, -0.25) is 4.79 Å². The summed E-state index contributed by atoms with van der Waals surface area (Å²) in [6, 6.07) is 0. The zero-order chi connectivity index (χ0) is 13.5. The Kier molecular flexibility index (Phi) is 5.87. The molecule has 1 aliphatic heterocycles. The van der Waals surface area contributed by atoms with Crippen LogP contribution in [0.5, 0.6) is 0 Å². The molecule has 7 heteroatoms. The summed E-state index contributed by atoms with van der Waals surface area (Å²) in [4.78, 5) is 28.4. The van der Waals surface area contributed by atoms with E-state index in [1.807, 2.05) is 19.0 Å². The monoisotopic (exact) mass is 259 g/mol. The van der Waals surface area contributed by atoms with E-state index in [-0.39, 0.29) is 19.1 Å². The first kappa shape index (κ1) is 14.7. The summed E-state index contributed by atoms with van der Waals surface area (Å²) in [5.41, 5.74) is 0. The molecule has 1 aliphatic rings. The van der Waals surface area contributed by atoms with Crippen molar-refractivity contribution in [1.82, 2.24) is 14.7 Å². The molecule has 0 bridgehead atoms. The number of rotatable bonds is 4. The van der Waals surface area contributed by atoms with Crippen molar-refractivity contribution in [1.29, 1.82) is 0 Å². The van der Waals surface area contributed by atoms with Gasteiger partial charge in [0.15, 0.2) is 0 Å². The largest absolute Gasteiger partial charge is 0.447 e. The van der Waals surface area contributed by atoms with Crippen LogP contribution in [0.3, 0.4) is 0 Å². The van der Waals surface area contributed by atoms with Crippen LogP contribution in [-0.2, 0) is 9.53 Å². The molecular weight excluding hydrogens is 238 g/mol. The average molecular weight is 259 g/mol. The second-order valence-electron chi connectivity index (χ2n) is 4.44. The molecule has 0 aromatic rings. The van der Waals surface area contributed by atoms with Crippen LogP contribution < -0.4 is 0 Å². The number of ether oxygens (including phenoxy) is 1. The molecule has 18 heavy (non-hydrogen) atoms. The first-order valence-electron chi connectivity index (χ1n) is 5.99. The van der Waals surface area contributed by atoms with Crippen molar-refractivity contribution in [2.45, 2.75) is 0 Å². The van der Waals surface area contributed by atoms with Gasteiger partial charge in [0.05, 0.1) is 13.2 Å². The van der Waals surface area contributed by atoms with Gasteiger partial charge in [0.25, 0.3) is 0 Å². The van der Waals surface area contributed by atoms with Crippen LogP contribution in [0.2, 0.25) is 0 Å². The summed E-state index contributed by atoms with van der Waals surface area (Å²) >= 11 is 0. The van der Waals surface area contributed by atoms with E-state index in [0.29, 0.717) is 32.7 Å². The van der Waals surface area contributed by atoms with E-state index in [2.05, 4.69) is 0 Å². The number of carbonyl (C=O) groups is 2. The fourth-order valence-electron chi connectivity index (χ4n) is 1.73. The lowest BCUT2D eigenvalue weighted by molar-refractivity contribution is -0.133. The van der Waals surface area contributed by atoms with Gasteiger partial charge in [-0.2, -0.15) is 0 Å². The molecule has 0 aliphatic carbocycles. The Bertz CT molecular complexity index is 288. The van der Waals surface area contributed by atoms with Gasteiger partial charge in [0.1, 0.15) is 6.61 Å². The van der Waals surface area contributed by atoms with Crippen LogP contribution in [0.1, 0.15) is 0 Å². The van der Waals surface area contributed by atoms with Gasteiger partial charge in [-0.15, -0.1) is 0 Å². The van der Waals surface area contributed by atoms with Crippen molar-refractivity contribution >= 4 is 12.0 Å². The number of aliphatic hydroxyl groups is 1. The summed E-state index contributed by atoms with van der Waals surface area (Å²) in [6.07, 6.45) is -0.427. The van der Waals surface area contributed by atoms with Gasteiger partial charge in [-0.05, 0) is 14.1 Å². The molecule has 1 heterocycles. The number of aliphatic hydroxyl groups excluding tert-OH is 1. The molecular formula is C11H21N3O4. The highest BCUT2D eigenvalue weighted by Gasteiger charge is 2.24. The van der Waals surface area contributed by atoms with Crippen molar-refractivity contribution in [2.75, 3.05) is 60.0 Å². The fourth-order valence-corrected chi connectivity index (χ4v) is 1.73. The molecule has 0 saturated carbocycles. The normalized spacial score (nSPS) is 16.0. The number of likely N-dealkylation sites (N-methyl/N-ethyl adjacent to an activating group) is 1. The van der Waals surface area contributed by atoms with Crippen molar-refractivity contribution in [2.24, 2.45) is 0 Å². The number of hydrogen-bond acceptors (Lipinski definition) is 5. The number of piperazine rings is 1. The van der Waals surface area contributed by atoms with Crippen LogP contribution >= 0.6 is 0 Å². The minimum Gasteiger partial charge on any atom is -0.447 e. The third kappa shape index (κ3) is 4.50. The molecule has 104 valence electrons. The Morgan fingerprint density at radius 1 is 1.17 bits per heavy atom. The van der Waals surface area contributed by atoms with Crippen LogP contribution in [-0.4, -0.2) is 91.8 Å². The summed E-state index contributed by atoms with van der Waals surface area (Å²) < 4.78 is 4.82. The minimum absolute atomic E-state index is 0.0125. The standard InChI is InChI=1S/C11H21N3O4/c1-12(2)9-10(16)13-3-5-14(6-4-13)11(17)18-8-7-15/h15H,3-9H2,1-2H3. The van der Waals surface area contributed by atoms with E-state index < -0.39 is 6.09 Å². The zero-order valence-electron chi connectivity index (χ0n) is 11.0. The molecule has 1 saturated heterocycles. The highest BCUT2D eigenvalue weighted by Crippen LogP contribution is 2.04. The molecule has 1 rings (SSSR count). The predicted octanol–water partition coefficient (Wildman–Crippen LogP) is -1.18. The SMILES string of the molecule is CN(C)CC(=O)N1CCN(C(=O)OCCO)CC1. The first-order valence-corrected chi connectivity index (χ1v) is 5.99. The number of amides is 2. The predicted molar refractivity (Wildman–Crippen MR) is 65.1 cm³/mol. The molecule has 1 N–H and O–H groups in total. The molecule has 1 fully saturated rings. The quantitative estimate of drug-likeness (QED) is 0.688. The maximum Gasteiger partial charge on any atom is 0.409 e. The Balaban J connectivity index is 2.32. The summed E-state index contributed by atoms with van der Waals surface area (Å²) in [5, 5.41) is 8.56. The maximum atomic E-state index is 11.8. The zero-order valence-corrected chi connectivity index (χ0v) is 11.0. The molecule has 0 unspecified atom stereocenters. The molecule has 0 aromatic carbocycles. The van der Waals surface area contributed by atoms with E-state index in [1.165, 1.54) is 0 Å². The van der Waals surface area contributed by atoms with E-state index in [1.54, 1.807) is 9.80 Å². The van der Waals surface area contributed by atoms with Gasteiger partial charge in [-0.1, -0.05) is 0 Å². The number of carbonyl (C=O) groups excluding carboxylic acids is 2. The van der Waals surface area contributed by atoms with Gasteiger partial charge in [-0.25, -0.2) is 4.79 Å². The van der Waals surface area contributed by atoms with Crippen molar-refractivity contribution in [3.63, 3.8) is 0 Å². The number of hydrogen-bond donors (Lipinski definition) is 1. The van der Waals surface area contributed by atoms with E-state index >= 15 is 0 Å². The highest BCUT2D eigenvalue weighted by molar-refractivity contribution is 5.78. The second kappa shape index (κ2) is 7.17. The lowest BCUT2D eigenvalue weighted by Gasteiger charge is -2.34. The Morgan fingerprint density at radius 3 is 2.22 bits per heavy atom. The highest BCUT2D eigenvalue weighted by atomic mass is 16.6. The summed E-state index contributed by atoms with van der Waals surface area (Å²) in [5.74, 6) is 0.0726. The van der Waals surface area contributed by atoms with Gasteiger partial charge < -0.3 is 24.5 Å². The molecule has 0 radical (unpaired) electrons. The van der Waals surface area contributed by atoms with Gasteiger partial charge in [0, 0.05) is 26.2 Å². The van der Waals surface area contributed by atoms with Crippen molar-refractivity contribution in [3.8, 4) is 0 Å². The van der Waals surface area contributed by atoms with E-state index in [9.17, 15) is 9.59 Å². The summed E-state index contributed by atoms with van der Waals surface area (Å²) in [6.45, 7) is 2.23. The smallest absolute Gasteiger partial charge is 0.409 e. The fraction of sp³-hybridized carbons (Fsp3) is 0.818. The third-order valence-corrected chi connectivity index (χ3v) is 2.66. The average Bonchev–Trinajstić information content (AvgIpc) is 2.35. The van der Waals surface area contributed by atoms with Crippen LogP contribution in [0.15, 0.2) is 0 Å². The van der Waals surface area contributed by atoms with Gasteiger partial charge >= 0.3 is 6.09 Å². The second-order valence-corrected chi connectivity index (χ2v) is 4.44. The molecule has 0 aromatic heterocycles. The lowest BCUT2D eigenvalue weighted by atomic mass is 10.3. The molecule has 0 spiro atoms. The third-order valence-electron chi connectivity index (χ3n) is 2.66. The van der Waals surface area contributed by atoms with Crippen LogP contribution in [0.25, 0.3) is 0 Å². The maximum absolute atomic E-state index is 11.8. The first-order chi connectivity index (χ1) is 8.54. The van der Waals surface area contributed by atoms with Crippen LogP contribution in [0.4, 0.5) is 4.79 Å². The van der Waals surface area contributed by atoms with Crippen LogP contribution in [0, 0.1) is 0 Å². The minimum atomic E-state index is -0.427. The Hall–Kier alpha value is -1.34. The topological polar surface area (TPSA) is 73.3 Å².